The van der Waals surface area contributed by atoms with Gasteiger partial charge in [0, 0.05) is 0 Å². The maximum atomic E-state index is 14.2. The van der Waals surface area contributed by atoms with Crippen LogP contribution >= 0.6 is 0 Å². The first-order chi connectivity index (χ1) is 17.8. The van der Waals surface area contributed by atoms with E-state index < -0.39 is 20.8 Å². The molecule has 2 aromatic carbocycles. The predicted octanol–water partition coefficient (Wildman–Crippen LogP) is 7.46. The first kappa shape index (κ1) is 27.5. The van der Waals surface area contributed by atoms with E-state index in [4.69, 9.17) is 14.0 Å². The van der Waals surface area contributed by atoms with Crippen molar-refractivity contribution in [3.63, 3.8) is 0 Å². The highest BCUT2D eigenvalue weighted by Gasteiger charge is 2.69. The lowest BCUT2D eigenvalue weighted by Crippen LogP contribution is -2.65. The van der Waals surface area contributed by atoms with E-state index in [1.807, 2.05) is 41.3 Å². The molecule has 3 saturated carbocycles. The number of hydrogen-bond acceptors (Lipinski definition) is 4. The summed E-state index contributed by atoms with van der Waals surface area (Å²) in [4.78, 5) is 16.0. The number of amides is 1. The van der Waals surface area contributed by atoms with Crippen molar-refractivity contribution in [2.24, 2.45) is 17.3 Å². The lowest BCUT2D eigenvalue weighted by atomic mass is 9.43. The third-order valence-corrected chi connectivity index (χ3v) is 12.0. The summed E-state index contributed by atoms with van der Waals surface area (Å²) in [6.07, 6.45) is 1.96. The van der Waals surface area contributed by atoms with Gasteiger partial charge in [-0.05, 0) is 62.0 Å². The van der Waals surface area contributed by atoms with Gasteiger partial charge in [0.2, 0.25) is 0 Å². The van der Waals surface area contributed by atoms with Gasteiger partial charge in [0.25, 0.3) is 0 Å². The highest BCUT2D eigenvalue weighted by molar-refractivity contribution is 6.86. The van der Waals surface area contributed by atoms with Crippen molar-refractivity contribution in [3.8, 4) is 0 Å². The van der Waals surface area contributed by atoms with Gasteiger partial charge in [-0.1, -0.05) is 94.2 Å². The SMILES string of the molecule is C[C@H](c1ccccc1)N(C(=O)O[C@H](B1O[C@@H]2C[C@@H]3C[C@@H](C3(C)C)[C@]2(C)O1)[Si](C)(C)C)[C@H](C)c1ccccc1. The van der Waals surface area contributed by atoms with Gasteiger partial charge in [0.05, 0.1) is 31.9 Å². The van der Waals surface area contributed by atoms with E-state index in [-0.39, 0.29) is 35.3 Å². The second kappa shape index (κ2) is 9.83. The van der Waals surface area contributed by atoms with Gasteiger partial charge >= 0.3 is 13.2 Å². The molecule has 4 fully saturated rings. The zero-order valence-electron chi connectivity index (χ0n) is 24.3. The topological polar surface area (TPSA) is 48.0 Å². The van der Waals surface area contributed by atoms with Crippen LogP contribution < -0.4 is 0 Å². The van der Waals surface area contributed by atoms with Crippen molar-refractivity contribution in [2.75, 3.05) is 0 Å². The molecule has 0 aromatic heterocycles. The fourth-order valence-corrected chi connectivity index (χ4v) is 8.69. The monoisotopic (exact) mass is 533 g/mol. The Hall–Kier alpha value is -2.09. The van der Waals surface area contributed by atoms with Gasteiger partial charge in [-0.3, -0.25) is 4.90 Å². The first-order valence-electron chi connectivity index (χ1n) is 14.3. The summed E-state index contributed by atoms with van der Waals surface area (Å²) in [7, 11) is -2.58. The van der Waals surface area contributed by atoms with Crippen LogP contribution in [-0.4, -0.2) is 43.5 Å². The van der Waals surface area contributed by atoms with E-state index in [9.17, 15) is 4.79 Å². The third kappa shape index (κ3) is 4.65. The quantitative estimate of drug-likeness (QED) is 0.347. The Balaban J connectivity index is 1.42. The summed E-state index contributed by atoms with van der Waals surface area (Å²) in [6, 6.07) is 20.0. The Morgan fingerprint density at radius 1 is 0.947 bits per heavy atom. The molecule has 1 saturated heterocycles. The maximum absolute atomic E-state index is 14.2. The molecule has 6 rings (SSSR count). The minimum Gasteiger partial charge on any atom is -0.452 e. The summed E-state index contributed by atoms with van der Waals surface area (Å²) in [5.41, 5.74) is 1.67. The van der Waals surface area contributed by atoms with Crippen LogP contribution in [0.1, 0.15) is 70.7 Å². The van der Waals surface area contributed by atoms with Crippen LogP contribution in [0.3, 0.4) is 0 Å². The van der Waals surface area contributed by atoms with E-state index in [1.165, 1.54) is 6.42 Å². The van der Waals surface area contributed by atoms with Crippen LogP contribution in [0, 0.1) is 17.3 Å². The number of carbonyl (C=O) groups is 1. The van der Waals surface area contributed by atoms with Crippen molar-refractivity contribution >= 4 is 21.3 Å². The second-order valence-corrected chi connectivity index (χ2v) is 18.9. The average molecular weight is 534 g/mol. The Kier molecular flexibility index (Phi) is 7.11. The Labute approximate surface area is 230 Å². The van der Waals surface area contributed by atoms with Crippen molar-refractivity contribution in [1.82, 2.24) is 4.90 Å². The molecule has 4 aliphatic rings. The van der Waals surface area contributed by atoms with Gasteiger partial charge < -0.3 is 14.0 Å². The second-order valence-electron chi connectivity index (χ2n) is 13.6. The Bertz CT molecular complexity index is 1090. The minimum absolute atomic E-state index is 0.0596. The molecule has 5 nitrogen and oxygen atoms in total. The van der Waals surface area contributed by atoms with Crippen LogP contribution in [0.2, 0.25) is 19.6 Å². The number of carbonyl (C=O) groups excluding carboxylic acids is 1. The molecule has 1 heterocycles. The van der Waals surface area contributed by atoms with E-state index in [0.29, 0.717) is 11.8 Å². The molecule has 2 bridgehead atoms. The third-order valence-electron chi connectivity index (χ3n) is 9.91. The molecule has 1 aliphatic heterocycles. The van der Waals surface area contributed by atoms with Crippen molar-refractivity contribution in [2.45, 2.75) is 96.5 Å². The smallest absolute Gasteiger partial charge is 0.452 e. The summed E-state index contributed by atoms with van der Waals surface area (Å²) >= 11 is 0. The van der Waals surface area contributed by atoms with E-state index in [2.05, 4.69) is 78.5 Å². The number of benzene rings is 2. The lowest BCUT2D eigenvalue weighted by Gasteiger charge is -2.64. The molecule has 7 atom stereocenters. The van der Waals surface area contributed by atoms with Gasteiger partial charge in [-0.25, -0.2) is 4.79 Å². The van der Waals surface area contributed by atoms with Gasteiger partial charge in [-0.15, -0.1) is 0 Å². The average Bonchev–Trinajstić information content (AvgIpc) is 3.24. The highest BCUT2D eigenvalue weighted by Crippen LogP contribution is 2.65. The van der Waals surface area contributed by atoms with Crippen LogP contribution in [0.5, 0.6) is 0 Å². The number of rotatable bonds is 7. The predicted molar refractivity (Wildman–Crippen MR) is 155 cm³/mol. The fraction of sp³-hybridized carbons (Fsp3) is 0.581. The van der Waals surface area contributed by atoms with E-state index in [0.717, 1.165) is 17.5 Å². The summed E-state index contributed by atoms with van der Waals surface area (Å²) in [5, 5.41) is 0. The molecule has 0 N–H and O–H groups in total. The van der Waals surface area contributed by atoms with E-state index >= 15 is 0 Å². The summed E-state index contributed by atoms with van der Waals surface area (Å²) in [6.45, 7) is 17.8. The Morgan fingerprint density at radius 3 is 1.95 bits per heavy atom. The molecule has 3 aliphatic carbocycles. The molecule has 7 heteroatoms. The van der Waals surface area contributed by atoms with Gasteiger partial charge in [-0.2, -0.15) is 0 Å². The zero-order valence-corrected chi connectivity index (χ0v) is 25.3. The summed E-state index contributed by atoms with van der Waals surface area (Å²) < 4.78 is 20.0. The molecule has 0 unspecified atom stereocenters. The van der Waals surface area contributed by atoms with Crippen LogP contribution in [0.4, 0.5) is 4.79 Å². The molecule has 204 valence electrons. The summed E-state index contributed by atoms with van der Waals surface area (Å²) in [5.74, 6) is 1.14. The Morgan fingerprint density at radius 2 is 1.47 bits per heavy atom. The van der Waals surface area contributed by atoms with Gasteiger partial charge in [0.1, 0.15) is 5.63 Å². The van der Waals surface area contributed by atoms with Crippen LogP contribution in [0.15, 0.2) is 60.7 Å². The van der Waals surface area contributed by atoms with Crippen LogP contribution in [-0.2, 0) is 14.0 Å². The first-order valence-corrected chi connectivity index (χ1v) is 17.8. The molecular formula is C31H44BNO4Si. The standard InChI is InChI=1S/C31H44BNO4Si/c1-21(23-15-11-9-12-16-23)33(22(2)24-17-13-10-14-18-24)29(34)35-28(38(6,7)8)32-36-27-20-25-19-26(30(25,3)4)31(27,5)37-32/h9-18,21-22,25-28H,19-20H2,1-8H3/t21-,22-,25+,26+,27-,28+,31+/m1/s1. The highest BCUT2D eigenvalue weighted by atomic mass is 28.3. The largest absolute Gasteiger partial charge is 0.497 e. The normalized spacial score (nSPS) is 30.0. The number of hydrogen-bond donors (Lipinski definition) is 0. The zero-order chi connectivity index (χ0) is 27.5. The minimum atomic E-state index is -2.05. The fourth-order valence-electron chi connectivity index (χ4n) is 7.27. The molecule has 0 spiro atoms. The van der Waals surface area contributed by atoms with Crippen molar-refractivity contribution < 1.29 is 18.8 Å². The molecule has 38 heavy (non-hydrogen) atoms. The number of ether oxygens (including phenoxy) is 1. The van der Waals surface area contributed by atoms with Gasteiger partial charge in [0.15, 0.2) is 0 Å². The molecular weight excluding hydrogens is 489 g/mol. The maximum Gasteiger partial charge on any atom is 0.497 e. The molecule has 2 aromatic rings. The molecule has 1 amide bonds. The lowest BCUT2D eigenvalue weighted by molar-refractivity contribution is -0.199. The molecule has 0 radical (unpaired) electrons. The van der Waals surface area contributed by atoms with Crippen molar-refractivity contribution in [1.29, 1.82) is 0 Å². The number of nitrogens with zero attached hydrogens (tertiary/aromatic N) is 1. The van der Waals surface area contributed by atoms with Crippen molar-refractivity contribution in [3.05, 3.63) is 71.8 Å². The van der Waals surface area contributed by atoms with Crippen LogP contribution in [0.25, 0.3) is 0 Å². The van der Waals surface area contributed by atoms with E-state index in [1.54, 1.807) is 0 Å².